The lowest BCUT2D eigenvalue weighted by molar-refractivity contribution is -1.02. The molecule has 6 nitrogen and oxygen atoms in total. The predicted molar refractivity (Wildman–Crippen MR) is 95.5 cm³/mol. The molecule has 4 rings (SSSR count). The Labute approximate surface area is 154 Å². The molecule has 1 atom stereocenters. The quantitative estimate of drug-likeness (QED) is 0.795. The molecule has 1 saturated carbocycles. The highest BCUT2D eigenvalue weighted by Crippen LogP contribution is 2.30. The Morgan fingerprint density at radius 2 is 1.81 bits per heavy atom. The van der Waals surface area contributed by atoms with E-state index in [9.17, 15) is 4.39 Å². The number of nitrogens with one attached hydrogen (secondary N) is 2. The van der Waals surface area contributed by atoms with Crippen molar-refractivity contribution in [2.24, 2.45) is 0 Å². The zero-order valence-corrected chi connectivity index (χ0v) is 15.5. The average Bonchev–Trinajstić information content (AvgIpc) is 3.15. The maximum Gasteiger partial charge on any atom is 0.214 e. The molecule has 0 spiro atoms. The molecule has 2 fully saturated rings. The summed E-state index contributed by atoms with van der Waals surface area (Å²) in [6.45, 7) is 4.18. The van der Waals surface area contributed by atoms with Crippen LogP contribution in [0.5, 0.6) is 0 Å². The maximum atomic E-state index is 14.7. The van der Waals surface area contributed by atoms with Gasteiger partial charge in [0, 0.05) is 0 Å². The molecule has 0 bridgehead atoms. The minimum atomic E-state index is -0.158. The Morgan fingerprint density at radius 1 is 1.08 bits per heavy atom. The summed E-state index contributed by atoms with van der Waals surface area (Å²) in [6.07, 6.45) is 5.96. The highest BCUT2D eigenvalue weighted by Gasteiger charge is 2.37. The lowest BCUT2D eigenvalue weighted by atomic mass is 9.95. The van der Waals surface area contributed by atoms with Crippen molar-refractivity contribution in [2.75, 3.05) is 33.2 Å². The van der Waals surface area contributed by atoms with E-state index < -0.39 is 0 Å². The van der Waals surface area contributed by atoms with Gasteiger partial charge in [-0.3, -0.25) is 0 Å². The largest absolute Gasteiger partial charge is 0.328 e. The molecule has 1 saturated heterocycles. The number of likely N-dealkylation sites (N-methyl/N-ethyl adjacent to an activating group) is 1. The fourth-order valence-electron chi connectivity index (χ4n) is 4.51. The number of quaternary nitrogens is 2. The number of aromatic nitrogens is 4. The summed E-state index contributed by atoms with van der Waals surface area (Å²) in [4.78, 5) is 2.90. The van der Waals surface area contributed by atoms with E-state index in [1.54, 1.807) is 12.1 Å². The van der Waals surface area contributed by atoms with Crippen molar-refractivity contribution in [3.63, 3.8) is 0 Å². The van der Waals surface area contributed by atoms with E-state index in [0.717, 1.165) is 44.8 Å². The van der Waals surface area contributed by atoms with Gasteiger partial charge in [0.15, 0.2) is 6.04 Å². The maximum absolute atomic E-state index is 14.7. The van der Waals surface area contributed by atoms with Crippen LogP contribution in [-0.4, -0.2) is 53.4 Å². The van der Waals surface area contributed by atoms with Crippen molar-refractivity contribution in [3.8, 4) is 0 Å². The smallest absolute Gasteiger partial charge is 0.214 e. The van der Waals surface area contributed by atoms with E-state index >= 15 is 0 Å². The molecule has 2 N–H and O–H groups in total. The Morgan fingerprint density at radius 3 is 2.54 bits per heavy atom. The van der Waals surface area contributed by atoms with Gasteiger partial charge in [-0.25, -0.2) is 9.07 Å². The van der Waals surface area contributed by atoms with Crippen LogP contribution in [0, 0.1) is 5.82 Å². The lowest BCUT2D eigenvalue weighted by Crippen LogP contribution is -3.27. The lowest BCUT2D eigenvalue weighted by Gasteiger charge is -2.33. The van der Waals surface area contributed by atoms with Crippen LogP contribution in [-0.2, 0) is 0 Å². The third-order valence-electron chi connectivity index (χ3n) is 6.07. The normalized spacial score (nSPS) is 25.9. The summed E-state index contributed by atoms with van der Waals surface area (Å²) >= 11 is 0. The summed E-state index contributed by atoms with van der Waals surface area (Å²) in [7, 11) is 2.22. The van der Waals surface area contributed by atoms with E-state index in [2.05, 4.69) is 22.6 Å². The highest BCUT2D eigenvalue weighted by atomic mass is 19.1. The first kappa shape index (κ1) is 17.5. The van der Waals surface area contributed by atoms with Gasteiger partial charge in [-0.05, 0) is 35.4 Å². The number of nitrogens with zero attached hydrogens (tertiary/aromatic N) is 4. The van der Waals surface area contributed by atoms with Crippen molar-refractivity contribution in [3.05, 3.63) is 41.5 Å². The van der Waals surface area contributed by atoms with Gasteiger partial charge in [0.25, 0.3) is 0 Å². The summed E-state index contributed by atoms with van der Waals surface area (Å²) in [5.74, 6) is 0.672. The molecule has 1 aromatic heterocycles. The van der Waals surface area contributed by atoms with E-state index in [1.807, 2.05) is 16.8 Å². The van der Waals surface area contributed by atoms with Gasteiger partial charge in [-0.15, -0.1) is 5.10 Å². The van der Waals surface area contributed by atoms with Crippen LogP contribution in [0.4, 0.5) is 4.39 Å². The average molecular weight is 360 g/mol. The van der Waals surface area contributed by atoms with E-state index in [-0.39, 0.29) is 11.9 Å². The number of piperazine rings is 1. The van der Waals surface area contributed by atoms with Crippen LogP contribution in [0.25, 0.3) is 0 Å². The Bertz CT molecular complexity index is 718. The van der Waals surface area contributed by atoms with Gasteiger partial charge in [0.05, 0.1) is 18.7 Å². The van der Waals surface area contributed by atoms with Crippen LogP contribution in [0.2, 0.25) is 0 Å². The predicted octanol–water partition coefficient (Wildman–Crippen LogP) is -0.180. The second-order valence-corrected chi connectivity index (χ2v) is 7.84. The molecule has 2 aliphatic rings. The monoisotopic (exact) mass is 360 g/mol. The number of hydrogen-bond donors (Lipinski definition) is 2. The van der Waals surface area contributed by atoms with Crippen molar-refractivity contribution in [1.82, 2.24) is 20.2 Å². The van der Waals surface area contributed by atoms with Crippen molar-refractivity contribution >= 4 is 0 Å². The van der Waals surface area contributed by atoms with Crippen LogP contribution in [0.3, 0.4) is 0 Å². The van der Waals surface area contributed by atoms with E-state index in [1.165, 1.54) is 29.1 Å². The van der Waals surface area contributed by atoms with Gasteiger partial charge in [-0.2, -0.15) is 0 Å². The second-order valence-electron chi connectivity index (χ2n) is 7.84. The summed E-state index contributed by atoms with van der Waals surface area (Å²) in [6, 6.07) is 7.34. The van der Waals surface area contributed by atoms with Gasteiger partial charge >= 0.3 is 0 Å². The second kappa shape index (κ2) is 7.80. The zero-order chi connectivity index (χ0) is 17.9. The highest BCUT2D eigenvalue weighted by molar-refractivity contribution is 5.24. The van der Waals surface area contributed by atoms with E-state index in [0.29, 0.717) is 11.6 Å². The Kier molecular flexibility index (Phi) is 5.26. The fourth-order valence-corrected chi connectivity index (χ4v) is 4.51. The van der Waals surface area contributed by atoms with Gasteiger partial charge in [0.1, 0.15) is 32.0 Å². The molecule has 1 aliphatic carbocycles. The van der Waals surface area contributed by atoms with Crippen LogP contribution in [0.1, 0.15) is 55.6 Å². The molecule has 26 heavy (non-hydrogen) atoms. The standard InChI is InChI=1S/C19H27FN6/c1-24-11-13-25(14-12-24)18(16-9-5-6-10-17(16)20)19-21-22-23-26(19)15-7-3-2-4-8-15/h5-6,9-10,15,18H,2-4,7-8,11-14H2,1H3/p+2/t18-/m1/s1. The van der Waals surface area contributed by atoms with Crippen molar-refractivity contribution in [2.45, 2.75) is 44.2 Å². The first-order valence-corrected chi connectivity index (χ1v) is 9.92. The van der Waals surface area contributed by atoms with E-state index in [4.69, 9.17) is 0 Å². The van der Waals surface area contributed by atoms with Crippen LogP contribution < -0.4 is 9.80 Å². The first-order chi connectivity index (χ1) is 12.7. The van der Waals surface area contributed by atoms with Gasteiger partial charge in [-0.1, -0.05) is 31.4 Å². The van der Waals surface area contributed by atoms with Crippen LogP contribution in [0.15, 0.2) is 24.3 Å². The Hall–Kier alpha value is -1.86. The molecule has 140 valence electrons. The number of benzene rings is 1. The molecular formula is C19H29FN6+2. The topological polar surface area (TPSA) is 52.5 Å². The number of rotatable bonds is 4. The number of halogens is 1. The molecule has 0 unspecified atom stereocenters. The summed E-state index contributed by atoms with van der Waals surface area (Å²) in [5.41, 5.74) is 0.717. The minimum absolute atomic E-state index is 0.138. The summed E-state index contributed by atoms with van der Waals surface area (Å²) in [5, 5.41) is 12.8. The molecule has 0 radical (unpaired) electrons. The number of tetrazole rings is 1. The minimum Gasteiger partial charge on any atom is -0.328 e. The molecule has 1 aliphatic heterocycles. The van der Waals surface area contributed by atoms with Crippen LogP contribution >= 0.6 is 0 Å². The number of hydrogen-bond acceptors (Lipinski definition) is 3. The third kappa shape index (κ3) is 3.50. The third-order valence-corrected chi connectivity index (χ3v) is 6.07. The molecule has 2 aromatic rings. The first-order valence-electron chi connectivity index (χ1n) is 9.92. The molecule has 2 heterocycles. The van der Waals surface area contributed by atoms with Gasteiger partial charge in [0.2, 0.25) is 5.82 Å². The summed E-state index contributed by atoms with van der Waals surface area (Å²) < 4.78 is 16.7. The molecular weight excluding hydrogens is 331 g/mol. The molecule has 1 aromatic carbocycles. The van der Waals surface area contributed by atoms with Gasteiger partial charge < -0.3 is 9.80 Å². The van der Waals surface area contributed by atoms with Crippen molar-refractivity contribution in [1.29, 1.82) is 0 Å². The molecule has 7 heteroatoms. The zero-order valence-electron chi connectivity index (χ0n) is 15.5. The SMILES string of the molecule is C[NH+]1CC[NH+]([C@H](c2ccccc2F)c2nnnn2C2CCCCC2)CC1. The fraction of sp³-hybridized carbons (Fsp3) is 0.632. The van der Waals surface area contributed by atoms with Crippen molar-refractivity contribution < 1.29 is 14.2 Å². The molecule has 0 amide bonds. The Balaban J connectivity index is 1.72.